The largest absolute Gasteiger partial charge is 0.494 e. The van der Waals surface area contributed by atoms with Crippen LogP contribution in [-0.2, 0) is 32.6 Å². The van der Waals surface area contributed by atoms with Gasteiger partial charge in [-0.2, -0.15) is 0 Å². The molecule has 2 amide bonds. The number of rotatable bonds is 14. The molecule has 0 saturated carbocycles. The Labute approximate surface area is 274 Å². The van der Waals surface area contributed by atoms with E-state index >= 15 is 0 Å². The van der Waals surface area contributed by atoms with Gasteiger partial charge in [0.05, 0.1) is 17.2 Å². The first-order valence-electron chi connectivity index (χ1n) is 14.5. The molecule has 45 heavy (non-hydrogen) atoms. The number of sulfonamides is 1. The maximum absolute atomic E-state index is 14.4. The SMILES string of the molecule is CCNC(=O)[C@@H](Cc1ccccc1)N(Cc1ccc(Cl)cc1Cl)C(=O)CN(c1ccc(OCC)cc1)S(=O)(=O)c1ccccc1. The fraction of sp³-hybridized carbons (Fsp3) is 0.235. The third-order valence-electron chi connectivity index (χ3n) is 7.02. The lowest BCUT2D eigenvalue weighted by atomic mass is 10.0. The van der Waals surface area contributed by atoms with Crippen molar-refractivity contribution in [1.82, 2.24) is 10.2 Å². The minimum absolute atomic E-state index is 0.0172. The van der Waals surface area contributed by atoms with E-state index < -0.39 is 28.5 Å². The van der Waals surface area contributed by atoms with Crippen LogP contribution >= 0.6 is 23.2 Å². The van der Waals surface area contributed by atoms with Crippen molar-refractivity contribution in [3.05, 3.63) is 124 Å². The molecule has 236 valence electrons. The van der Waals surface area contributed by atoms with Gasteiger partial charge in [0.2, 0.25) is 11.8 Å². The van der Waals surface area contributed by atoms with Crippen LogP contribution in [0.2, 0.25) is 10.0 Å². The van der Waals surface area contributed by atoms with Gasteiger partial charge >= 0.3 is 0 Å². The number of amides is 2. The van der Waals surface area contributed by atoms with Crippen molar-refractivity contribution in [2.45, 2.75) is 37.8 Å². The molecule has 4 aromatic rings. The average Bonchev–Trinajstić information content (AvgIpc) is 3.04. The van der Waals surface area contributed by atoms with Crippen molar-refractivity contribution in [2.24, 2.45) is 0 Å². The van der Waals surface area contributed by atoms with Crippen LogP contribution in [0, 0.1) is 0 Å². The van der Waals surface area contributed by atoms with Crippen LogP contribution in [0.15, 0.2) is 108 Å². The molecule has 1 atom stereocenters. The number of likely N-dealkylation sites (N-methyl/N-ethyl adjacent to an activating group) is 1. The predicted octanol–water partition coefficient (Wildman–Crippen LogP) is 6.36. The van der Waals surface area contributed by atoms with Crippen molar-refractivity contribution in [3.63, 3.8) is 0 Å². The van der Waals surface area contributed by atoms with E-state index in [2.05, 4.69) is 5.32 Å². The van der Waals surface area contributed by atoms with E-state index in [4.69, 9.17) is 27.9 Å². The zero-order valence-corrected chi connectivity index (χ0v) is 27.4. The summed E-state index contributed by atoms with van der Waals surface area (Å²) in [6.07, 6.45) is 0.193. The van der Waals surface area contributed by atoms with Gasteiger partial charge in [-0.15, -0.1) is 0 Å². The second-order valence-electron chi connectivity index (χ2n) is 10.1. The summed E-state index contributed by atoms with van der Waals surface area (Å²) < 4.78 is 34.7. The molecule has 4 aromatic carbocycles. The number of hydrogen-bond acceptors (Lipinski definition) is 5. The summed E-state index contributed by atoms with van der Waals surface area (Å²) in [5, 5.41) is 3.57. The molecule has 0 radical (unpaired) electrons. The van der Waals surface area contributed by atoms with Gasteiger partial charge in [0.15, 0.2) is 0 Å². The highest BCUT2D eigenvalue weighted by atomic mass is 35.5. The second kappa shape index (κ2) is 15.8. The van der Waals surface area contributed by atoms with E-state index in [1.807, 2.05) is 37.3 Å². The molecule has 0 fully saturated rings. The molecule has 0 heterocycles. The Morgan fingerprint density at radius 3 is 2.11 bits per heavy atom. The number of hydrogen-bond donors (Lipinski definition) is 1. The van der Waals surface area contributed by atoms with E-state index in [1.54, 1.807) is 67.6 Å². The van der Waals surface area contributed by atoms with Gasteiger partial charge in [-0.3, -0.25) is 13.9 Å². The van der Waals surface area contributed by atoms with Crippen LogP contribution in [-0.4, -0.2) is 50.9 Å². The van der Waals surface area contributed by atoms with Crippen LogP contribution in [0.25, 0.3) is 0 Å². The molecule has 0 aliphatic carbocycles. The molecular weight excluding hydrogens is 633 g/mol. The first-order chi connectivity index (χ1) is 21.6. The molecule has 0 saturated heterocycles. The quantitative estimate of drug-likeness (QED) is 0.169. The fourth-order valence-corrected chi connectivity index (χ4v) is 6.71. The van der Waals surface area contributed by atoms with Gasteiger partial charge in [-0.1, -0.05) is 77.8 Å². The van der Waals surface area contributed by atoms with E-state index in [1.165, 1.54) is 17.0 Å². The van der Waals surface area contributed by atoms with E-state index in [0.717, 1.165) is 9.87 Å². The van der Waals surface area contributed by atoms with E-state index in [-0.39, 0.29) is 29.5 Å². The predicted molar refractivity (Wildman–Crippen MR) is 178 cm³/mol. The Morgan fingerprint density at radius 2 is 1.51 bits per heavy atom. The van der Waals surface area contributed by atoms with Gasteiger partial charge in [0.25, 0.3) is 10.0 Å². The summed E-state index contributed by atoms with van der Waals surface area (Å²) in [5.41, 5.74) is 1.64. The third kappa shape index (κ3) is 8.78. The average molecular weight is 669 g/mol. The summed E-state index contributed by atoms with van der Waals surface area (Å²) in [7, 11) is -4.21. The normalized spacial score (nSPS) is 11.8. The standard InChI is InChI=1S/C34H35Cl2N3O5S/c1-3-37-34(41)32(21-25-11-7-5-8-12-25)38(23-26-15-16-27(35)22-31(26)36)33(40)24-39(28-17-19-29(20-18-28)44-4-2)45(42,43)30-13-9-6-10-14-30/h5-20,22,32H,3-4,21,23-24H2,1-2H3,(H,37,41)/t32-/m1/s1. The number of halogens is 2. The van der Waals surface area contributed by atoms with E-state index in [0.29, 0.717) is 34.5 Å². The van der Waals surface area contributed by atoms with Gasteiger partial charge < -0.3 is 15.0 Å². The van der Waals surface area contributed by atoms with Crippen molar-refractivity contribution in [1.29, 1.82) is 0 Å². The Morgan fingerprint density at radius 1 is 0.867 bits per heavy atom. The van der Waals surface area contributed by atoms with Gasteiger partial charge in [0.1, 0.15) is 18.3 Å². The van der Waals surface area contributed by atoms with Crippen LogP contribution < -0.4 is 14.4 Å². The molecule has 0 unspecified atom stereocenters. The van der Waals surface area contributed by atoms with E-state index in [9.17, 15) is 18.0 Å². The molecular formula is C34H35Cl2N3O5S. The lowest BCUT2D eigenvalue weighted by Crippen LogP contribution is -2.53. The van der Waals surface area contributed by atoms with Crippen molar-refractivity contribution < 1.29 is 22.7 Å². The van der Waals surface area contributed by atoms with Crippen molar-refractivity contribution in [3.8, 4) is 5.75 Å². The van der Waals surface area contributed by atoms with Gasteiger partial charge in [-0.25, -0.2) is 8.42 Å². The molecule has 4 rings (SSSR count). The Hall–Kier alpha value is -4.05. The maximum Gasteiger partial charge on any atom is 0.264 e. The lowest BCUT2D eigenvalue weighted by molar-refractivity contribution is -0.140. The summed E-state index contributed by atoms with van der Waals surface area (Å²) in [6, 6.07) is 27.6. The summed E-state index contributed by atoms with van der Waals surface area (Å²) in [4.78, 5) is 29.4. The number of anilines is 1. The lowest BCUT2D eigenvalue weighted by Gasteiger charge is -2.34. The molecule has 0 aliphatic rings. The van der Waals surface area contributed by atoms with Crippen LogP contribution in [0.1, 0.15) is 25.0 Å². The van der Waals surface area contributed by atoms with Gasteiger partial charge in [-0.05, 0) is 73.5 Å². The number of nitrogens with zero attached hydrogens (tertiary/aromatic N) is 2. The summed E-state index contributed by atoms with van der Waals surface area (Å²) in [6.45, 7) is 3.77. The highest BCUT2D eigenvalue weighted by Gasteiger charge is 2.34. The Bertz CT molecular complexity index is 1690. The number of carbonyl (C=O) groups is 2. The van der Waals surface area contributed by atoms with Crippen molar-refractivity contribution >= 4 is 50.7 Å². The minimum Gasteiger partial charge on any atom is -0.494 e. The first-order valence-corrected chi connectivity index (χ1v) is 16.7. The number of benzene rings is 4. The molecule has 8 nitrogen and oxygen atoms in total. The third-order valence-corrected chi connectivity index (χ3v) is 9.40. The number of nitrogens with one attached hydrogen (secondary N) is 1. The Balaban J connectivity index is 1.80. The smallest absolute Gasteiger partial charge is 0.264 e. The number of ether oxygens (including phenoxy) is 1. The highest BCUT2D eigenvalue weighted by molar-refractivity contribution is 7.92. The number of carbonyl (C=O) groups excluding carboxylic acids is 2. The van der Waals surface area contributed by atoms with Crippen LogP contribution in [0.5, 0.6) is 5.75 Å². The molecule has 1 N–H and O–H groups in total. The molecule has 11 heteroatoms. The van der Waals surface area contributed by atoms with Crippen molar-refractivity contribution in [2.75, 3.05) is 24.0 Å². The molecule has 0 bridgehead atoms. The topological polar surface area (TPSA) is 96.0 Å². The second-order valence-corrected chi connectivity index (χ2v) is 12.8. The molecule has 0 spiro atoms. The molecule has 0 aliphatic heterocycles. The van der Waals surface area contributed by atoms with Crippen LogP contribution in [0.4, 0.5) is 5.69 Å². The Kier molecular flexibility index (Phi) is 11.9. The van der Waals surface area contributed by atoms with Gasteiger partial charge in [0, 0.05) is 29.6 Å². The zero-order valence-electron chi connectivity index (χ0n) is 25.0. The van der Waals surface area contributed by atoms with Crippen LogP contribution in [0.3, 0.4) is 0 Å². The summed E-state index contributed by atoms with van der Waals surface area (Å²) >= 11 is 12.7. The monoisotopic (exact) mass is 667 g/mol. The summed E-state index contributed by atoms with van der Waals surface area (Å²) in [5.74, 6) is -0.414. The first kappa shape index (κ1) is 33.8. The fourth-order valence-electron chi connectivity index (χ4n) is 4.80. The maximum atomic E-state index is 14.4. The zero-order chi connectivity index (χ0) is 32.4. The highest BCUT2D eigenvalue weighted by Crippen LogP contribution is 2.28. The molecule has 0 aromatic heterocycles. The minimum atomic E-state index is -4.21.